The molecule has 0 spiro atoms. The van der Waals surface area contributed by atoms with E-state index < -0.39 is 5.97 Å². The molecule has 0 atom stereocenters. The quantitative estimate of drug-likeness (QED) is 0.777. The van der Waals surface area contributed by atoms with Crippen molar-refractivity contribution in [3.63, 3.8) is 0 Å². The predicted molar refractivity (Wildman–Crippen MR) is 53.4 cm³/mol. The number of carboxylic acids is 1. The summed E-state index contributed by atoms with van der Waals surface area (Å²) in [4.78, 5) is 10.7. The van der Waals surface area contributed by atoms with Crippen molar-refractivity contribution in [3.8, 4) is 0 Å². The standard InChI is InChI=1S/C11H15NO2/c1-8-6-9-4-2-3-5-12(9)10(8)7-11(13)14/h6H,2-5,7H2,1H3,(H,13,14). The van der Waals surface area contributed by atoms with Crippen LogP contribution in [0.25, 0.3) is 0 Å². The van der Waals surface area contributed by atoms with E-state index in [1.54, 1.807) is 0 Å². The molecule has 1 N–H and O–H groups in total. The van der Waals surface area contributed by atoms with E-state index in [2.05, 4.69) is 10.6 Å². The van der Waals surface area contributed by atoms with E-state index in [1.165, 1.54) is 18.5 Å². The van der Waals surface area contributed by atoms with Gasteiger partial charge in [-0.25, -0.2) is 0 Å². The average Bonchev–Trinajstić information content (AvgIpc) is 2.43. The number of nitrogens with zero attached hydrogens (tertiary/aromatic N) is 1. The first-order valence-electron chi connectivity index (χ1n) is 5.08. The molecule has 1 aromatic rings. The van der Waals surface area contributed by atoms with E-state index in [1.807, 2.05) is 6.92 Å². The van der Waals surface area contributed by atoms with Gasteiger partial charge in [-0.15, -0.1) is 0 Å². The van der Waals surface area contributed by atoms with Gasteiger partial charge >= 0.3 is 5.97 Å². The lowest BCUT2D eigenvalue weighted by molar-refractivity contribution is -0.136. The van der Waals surface area contributed by atoms with Gasteiger partial charge in [0.25, 0.3) is 0 Å². The summed E-state index contributed by atoms with van der Waals surface area (Å²) < 4.78 is 2.19. The lowest BCUT2D eigenvalue weighted by Crippen LogP contribution is -2.15. The number of aromatic nitrogens is 1. The second-order valence-electron chi connectivity index (χ2n) is 3.94. The molecule has 14 heavy (non-hydrogen) atoms. The SMILES string of the molecule is Cc1cc2n(c1CC(=O)O)CCCC2. The van der Waals surface area contributed by atoms with E-state index in [4.69, 9.17) is 5.11 Å². The van der Waals surface area contributed by atoms with Gasteiger partial charge in [0, 0.05) is 17.9 Å². The van der Waals surface area contributed by atoms with Gasteiger partial charge in [0.15, 0.2) is 0 Å². The van der Waals surface area contributed by atoms with Crippen LogP contribution < -0.4 is 0 Å². The minimum Gasteiger partial charge on any atom is -0.481 e. The molecule has 1 aliphatic rings. The summed E-state index contributed by atoms with van der Waals surface area (Å²) in [5, 5.41) is 8.80. The van der Waals surface area contributed by atoms with Crippen LogP contribution >= 0.6 is 0 Å². The molecule has 3 heteroatoms. The summed E-state index contributed by atoms with van der Waals surface area (Å²) >= 11 is 0. The van der Waals surface area contributed by atoms with Gasteiger partial charge in [-0.1, -0.05) is 0 Å². The van der Waals surface area contributed by atoms with E-state index in [0.29, 0.717) is 0 Å². The van der Waals surface area contributed by atoms with E-state index in [0.717, 1.165) is 24.2 Å². The molecular formula is C11H15NO2. The Bertz CT molecular complexity index is 366. The molecule has 0 saturated carbocycles. The van der Waals surface area contributed by atoms with Gasteiger partial charge in [0.1, 0.15) is 0 Å². The maximum absolute atomic E-state index is 10.7. The van der Waals surface area contributed by atoms with Crippen molar-refractivity contribution >= 4 is 5.97 Å². The summed E-state index contributed by atoms with van der Waals surface area (Å²) in [6, 6.07) is 2.14. The molecule has 2 rings (SSSR count). The summed E-state index contributed by atoms with van der Waals surface area (Å²) in [6.45, 7) is 3.00. The zero-order chi connectivity index (χ0) is 10.1. The van der Waals surface area contributed by atoms with Crippen LogP contribution in [-0.4, -0.2) is 15.6 Å². The van der Waals surface area contributed by atoms with Gasteiger partial charge in [-0.2, -0.15) is 0 Å². The van der Waals surface area contributed by atoms with Gasteiger partial charge in [-0.3, -0.25) is 4.79 Å². The fourth-order valence-corrected chi connectivity index (χ4v) is 2.24. The second kappa shape index (κ2) is 3.48. The topological polar surface area (TPSA) is 42.2 Å². The summed E-state index contributed by atoms with van der Waals surface area (Å²) in [5.41, 5.74) is 3.43. The molecule has 0 bridgehead atoms. The number of carboxylic acid groups (broad SMARTS) is 1. The highest BCUT2D eigenvalue weighted by molar-refractivity contribution is 5.70. The number of rotatable bonds is 2. The highest BCUT2D eigenvalue weighted by atomic mass is 16.4. The third kappa shape index (κ3) is 1.54. The summed E-state index contributed by atoms with van der Waals surface area (Å²) in [6.07, 6.45) is 3.66. The number of carbonyl (C=O) groups is 1. The molecule has 0 saturated heterocycles. The molecule has 1 aliphatic heterocycles. The molecular weight excluding hydrogens is 178 g/mol. The monoisotopic (exact) mass is 193 g/mol. The Morgan fingerprint density at radius 2 is 2.36 bits per heavy atom. The Morgan fingerprint density at radius 1 is 1.57 bits per heavy atom. The first-order valence-corrected chi connectivity index (χ1v) is 5.08. The van der Waals surface area contributed by atoms with Gasteiger partial charge in [-0.05, 0) is 37.8 Å². The first kappa shape index (κ1) is 9.31. The largest absolute Gasteiger partial charge is 0.481 e. The fraction of sp³-hybridized carbons (Fsp3) is 0.545. The Morgan fingerprint density at radius 3 is 3.07 bits per heavy atom. The van der Waals surface area contributed by atoms with Gasteiger partial charge in [0.05, 0.1) is 6.42 Å². The Labute approximate surface area is 83.4 Å². The molecule has 0 fully saturated rings. The Kier molecular flexibility index (Phi) is 2.32. The molecule has 3 nitrogen and oxygen atoms in total. The van der Waals surface area contributed by atoms with E-state index in [-0.39, 0.29) is 6.42 Å². The number of hydrogen-bond donors (Lipinski definition) is 1. The van der Waals surface area contributed by atoms with Crippen molar-refractivity contribution in [2.24, 2.45) is 0 Å². The Hall–Kier alpha value is -1.25. The van der Waals surface area contributed by atoms with Crippen LogP contribution in [0.1, 0.15) is 29.8 Å². The van der Waals surface area contributed by atoms with Crippen molar-refractivity contribution in [3.05, 3.63) is 23.0 Å². The van der Waals surface area contributed by atoms with Crippen molar-refractivity contribution in [1.82, 2.24) is 4.57 Å². The van der Waals surface area contributed by atoms with E-state index in [9.17, 15) is 4.79 Å². The highest BCUT2D eigenvalue weighted by Gasteiger charge is 2.17. The van der Waals surface area contributed by atoms with Crippen molar-refractivity contribution in [2.45, 2.75) is 39.2 Å². The van der Waals surface area contributed by atoms with Crippen LogP contribution in [0.3, 0.4) is 0 Å². The van der Waals surface area contributed by atoms with Crippen LogP contribution in [0, 0.1) is 6.92 Å². The third-order valence-electron chi connectivity index (χ3n) is 2.89. The second-order valence-corrected chi connectivity index (χ2v) is 3.94. The number of aliphatic carboxylic acids is 1. The maximum atomic E-state index is 10.7. The minimum absolute atomic E-state index is 0.159. The average molecular weight is 193 g/mol. The zero-order valence-electron chi connectivity index (χ0n) is 8.42. The van der Waals surface area contributed by atoms with Crippen LogP contribution in [0.4, 0.5) is 0 Å². The molecule has 1 aromatic heterocycles. The molecule has 0 aliphatic carbocycles. The number of aryl methyl sites for hydroxylation is 2. The highest BCUT2D eigenvalue weighted by Crippen LogP contribution is 2.22. The number of hydrogen-bond acceptors (Lipinski definition) is 1. The van der Waals surface area contributed by atoms with Crippen LogP contribution in [0.5, 0.6) is 0 Å². The van der Waals surface area contributed by atoms with Crippen molar-refractivity contribution in [2.75, 3.05) is 0 Å². The first-order chi connectivity index (χ1) is 6.68. The number of fused-ring (bicyclic) bond motifs is 1. The lowest BCUT2D eigenvalue weighted by atomic mass is 10.1. The summed E-state index contributed by atoms with van der Waals surface area (Å²) in [7, 11) is 0. The zero-order valence-corrected chi connectivity index (χ0v) is 8.42. The van der Waals surface area contributed by atoms with Crippen LogP contribution in [-0.2, 0) is 24.2 Å². The van der Waals surface area contributed by atoms with Crippen LogP contribution in [0.2, 0.25) is 0 Å². The molecule has 0 aromatic carbocycles. The molecule has 0 radical (unpaired) electrons. The molecule has 0 unspecified atom stereocenters. The normalized spacial score (nSPS) is 15.2. The third-order valence-corrected chi connectivity index (χ3v) is 2.89. The van der Waals surface area contributed by atoms with E-state index >= 15 is 0 Å². The molecule has 0 amide bonds. The van der Waals surface area contributed by atoms with Gasteiger partial charge in [0.2, 0.25) is 0 Å². The molecule has 2 heterocycles. The Balaban J connectivity index is 2.37. The van der Waals surface area contributed by atoms with Crippen LogP contribution in [0.15, 0.2) is 6.07 Å². The molecule has 76 valence electrons. The maximum Gasteiger partial charge on any atom is 0.309 e. The fourth-order valence-electron chi connectivity index (χ4n) is 2.24. The lowest BCUT2D eigenvalue weighted by Gasteiger charge is -2.17. The van der Waals surface area contributed by atoms with Gasteiger partial charge < -0.3 is 9.67 Å². The predicted octanol–water partition coefficient (Wildman–Crippen LogP) is 1.76. The van der Waals surface area contributed by atoms with Crippen molar-refractivity contribution in [1.29, 1.82) is 0 Å². The smallest absolute Gasteiger partial charge is 0.309 e. The summed E-state index contributed by atoms with van der Waals surface area (Å²) in [5.74, 6) is -0.737. The van der Waals surface area contributed by atoms with Crippen molar-refractivity contribution < 1.29 is 9.90 Å². The minimum atomic E-state index is -0.737.